The predicted molar refractivity (Wildman–Crippen MR) is 148 cm³/mol. The van der Waals surface area contributed by atoms with E-state index < -0.39 is 37.9 Å². The monoisotopic (exact) mass is 608 g/mol. The number of rotatable bonds is 5. The second-order valence-corrected chi connectivity index (χ2v) is 15.0. The summed E-state index contributed by atoms with van der Waals surface area (Å²) in [7, 11) is 0. The fourth-order valence-electron chi connectivity index (χ4n) is 3.39. The van der Waals surface area contributed by atoms with Crippen molar-refractivity contribution < 1.29 is 21.0 Å². The average molecular weight is 608 g/mol. The van der Waals surface area contributed by atoms with Crippen LogP contribution >= 0.6 is 20.2 Å². The molecule has 0 aliphatic rings. The average Bonchev–Trinajstić information content (AvgIpc) is 2.80. The molecule has 0 saturated carbocycles. The molecule has 36 heavy (non-hydrogen) atoms. The van der Waals surface area contributed by atoms with Gasteiger partial charge in [-0.05, 0) is 0 Å². The van der Waals surface area contributed by atoms with Crippen LogP contribution < -0.4 is 0 Å². The molecule has 0 spiro atoms. The van der Waals surface area contributed by atoms with E-state index in [1.54, 1.807) is 0 Å². The van der Waals surface area contributed by atoms with Gasteiger partial charge >= 0.3 is 220 Å². The van der Waals surface area contributed by atoms with Crippen LogP contribution in [-0.2, 0) is 24.9 Å². The summed E-state index contributed by atoms with van der Waals surface area (Å²) in [5, 5.41) is 0. The second-order valence-electron chi connectivity index (χ2n) is 10.6. The molecule has 3 aromatic rings. The Bertz CT molecular complexity index is 1140. The number of benzene rings is 3. The number of hydrogen-bond acceptors (Lipinski definition) is 2. The van der Waals surface area contributed by atoms with Crippen molar-refractivity contribution in [2.45, 2.75) is 58.5 Å². The molecule has 0 N–H and O–H groups in total. The molecule has 0 fully saturated rings. The van der Waals surface area contributed by atoms with Crippen molar-refractivity contribution in [1.82, 2.24) is 0 Å². The Kier molecular flexibility index (Phi) is 8.38. The number of alkyl halides is 3. The van der Waals surface area contributed by atoms with Gasteiger partial charge in [0.2, 0.25) is 0 Å². The fraction of sp³-hybridized carbons (Fsp3) is 0.300. The van der Waals surface area contributed by atoms with E-state index in [9.17, 15) is 18.0 Å². The summed E-state index contributed by atoms with van der Waals surface area (Å²) in [6, 6.07) is 21.1. The van der Waals surface area contributed by atoms with Gasteiger partial charge in [0.05, 0.1) is 0 Å². The molecule has 6 heteroatoms. The first-order valence-corrected chi connectivity index (χ1v) is 14.7. The van der Waals surface area contributed by atoms with Gasteiger partial charge in [-0.3, -0.25) is 0 Å². The molecule has 0 aliphatic carbocycles. The molecule has 0 bridgehead atoms. The minimum atomic E-state index is -4.40. The number of carbonyl (C=O) groups is 1. The first-order valence-electron chi connectivity index (χ1n) is 11.6. The number of halogens is 4. The Labute approximate surface area is 219 Å². The molecule has 0 heterocycles. The van der Waals surface area contributed by atoms with E-state index in [1.807, 2.05) is 24.3 Å². The van der Waals surface area contributed by atoms with Crippen molar-refractivity contribution >= 4 is 32.3 Å². The van der Waals surface area contributed by atoms with Crippen LogP contribution in [0.25, 0.3) is 6.08 Å². The third kappa shape index (κ3) is 7.45. The molecule has 2 nitrogen and oxygen atoms in total. The van der Waals surface area contributed by atoms with Gasteiger partial charge in [0.25, 0.3) is 0 Å². The van der Waals surface area contributed by atoms with Crippen molar-refractivity contribution in [3.63, 3.8) is 0 Å². The molecule has 0 amide bonds. The second kappa shape index (κ2) is 10.8. The molecule has 0 aliphatic heterocycles. The molecule has 192 valence electrons. The Morgan fingerprint density at radius 3 is 1.42 bits per heavy atom. The summed E-state index contributed by atoms with van der Waals surface area (Å²) in [5.41, 5.74) is 2.16. The van der Waals surface area contributed by atoms with E-state index in [2.05, 4.69) is 65.8 Å². The van der Waals surface area contributed by atoms with Gasteiger partial charge in [-0.2, -0.15) is 0 Å². The van der Waals surface area contributed by atoms with E-state index in [4.69, 9.17) is 3.07 Å². The number of carbonyl (C=O) groups excluding carboxylic acids is 1. The summed E-state index contributed by atoms with van der Waals surface area (Å²) in [6.45, 7) is 12.9. The van der Waals surface area contributed by atoms with Gasteiger partial charge in [0.15, 0.2) is 0 Å². The summed E-state index contributed by atoms with van der Waals surface area (Å²) >= 11 is -2.59. The van der Waals surface area contributed by atoms with Crippen molar-refractivity contribution in [2.75, 3.05) is 0 Å². The summed E-state index contributed by atoms with van der Waals surface area (Å²) in [4.78, 5) is 12.8. The molecule has 0 atom stereocenters. The third-order valence-corrected chi connectivity index (χ3v) is 10.2. The fourth-order valence-corrected chi connectivity index (χ4v) is 7.23. The quantitative estimate of drug-likeness (QED) is 0.214. The minimum absolute atomic E-state index is 0.00695. The van der Waals surface area contributed by atoms with Crippen LogP contribution in [-0.4, -0.2) is 5.97 Å². The Morgan fingerprint density at radius 2 is 1.06 bits per heavy atom. The van der Waals surface area contributed by atoms with Gasteiger partial charge in [-0.1, -0.05) is 0 Å². The van der Waals surface area contributed by atoms with E-state index in [-0.39, 0.29) is 10.8 Å². The summed E-state index contributed by atoms with van der Waals surface area (Å²) in [6.07, 6.45) is -1.64. The van der Waals surface area contributed by atoms with E-state index >= 15 is 0 Å². The Balaban J connectivity index is 1.86. The van der Waals surface area contributed by atoms with Gasteiger partial charge in [0, 0.05) is 0 Å². The van der Waals surface area contributed by atoms with Crippen LogP contribution in [0.15, 0.2) is 78.9 Å². The van der Waals surface area contributed by atoms with E-state index in [0.29, 0.717) is 5.56 Å². The molecule has 0 aromatic heterocycles. The SMILES string of the molecule is CC(C)(C)c1ccc(I(OC(=O)/C=C/c2ccc(C(F)(F)F)cc2)c2ccc(C(C)(C)C)cc2)cc1. The topological polar surface area (TPSA) is 26.3 Å². The first kappa shape index (κ1) is 28.0. The van der Waals surface area contributed by atoms with Crippen molar-refractivity contribution in [1.29, 1.82) is 0 Å². The van der Waals surface area contributed by atoms with Gasteiger partial charge in [-0.15, -0.1) is 0 Å². The Hall–Kier alpha value is -2.61. The van der Waals surface area contributed by atoms with Crippen molar-refractivity contribution in [3.8, 4) is 0 Å². The molecular weight excluding hydrogens is 576 g/mol. The Morgan fingerprint density at radius 1 is 0.667 bits per heavy atom. The van der Waals surface area contributed by atoms with Gasteiger partial charge in [-0.25, -0.2) is 0 Å². The maximum atomic E-state index is 12.8. The van der Waals surface area contributed by atoms with Gasteiger partial charge < -0.3 is 0 Å². The van der Waals surface area contributed by atoms with E-state index in [0.717, 1.165) is 19.3 Å². The van der Waals surface area contributed by atoms with Crippen LogP contribution in [0.5, 0.6) is 0 Å². The zero-order valence-electron chi connectivity index (χ0n) is 21.4. The zero-order valence-corrected chi connectivity index (χ0v) is 23.6. The normalized spacial score (nSPS) is 13.1. The van der Waals surface area contributed by atoms with Crippen LogP contribution in [0, 0.1) is 7.14 Å². The van der Waals surface area contributed by atoms with Crippen LogP contribution in [0.1, 0.15) is 63.8 Å². The van der Waals surface area contributed by atoms with Gasteiger partial charge in [0.1, 0.15) is 0 Å². The van der Waals surface area contributed by atoms with Crippen LogP contribution in [0.3, 0.4) is 0 Å². The summed E-state index contributed by atoms with van der Waals surface area (Å²) < 4.78 is 46.4. The molecule has 0 saturated heterocycles. The third-order valence-electron chi connectivity index (χ3n) is 5.62. The van der Waals surface area contributed by atoms with Crippen molar-refractivity contribution in [2.24, 2.45) is 0 Å². The maximum absolute atomic E-state index is 12.8. The molecule has 0 radical (unpaired) electrons. The van der Waals surface area contributed by atoms with Crippen molar-refractivity contribution in [3.05, 3.63) is 108 Å². The van der Waals surface area contributed by atoms with E-state index in [1.165, 1.54) is 35.4 Å². The first-order chi connectivity index (χ1) is 16.6. The zero-order chi connectivity index (χ0) is 26.7. The molecule has 0 unspecified atom stereocenters. The molecule has 3 rings (SSSR count). The standard InChI is InChI=1S/C30H32F3IO2/c1-28(2,3)22-12-16-25(17-13-22)34(26-18-14-23(15-19-26)29(4,5)6)36-27(35)20-9-21-7-10-24(11-8-21)30(31,32)33/h7-20H,1-6H3/b20-9+. The summed E-state index contributed by atoms with van der Waals surface area (Å²) in [5.74, 6) is -0.514. The van der Waals surface area contributed by atoms with Crippen LogP contribution in [0.4, 0.5) is 13.2 Å². The number of hydrogen-bond donors (Lipinski definition) is 0. The van der Waals surface area contributed by atoms with Crippen LogP contribution in [0.2, 0.25) is 0 Å². The molecular formula is C30H32F3IO2. The molecule has 3 aromatic carbocycles. The predicted octanol–water partition coefficient (Wildman–Crippen LogP) is 9.02.